The summed E-state index contributed by atoms with van der Waals surface area (Å²) >= 11 is 0. The molecule has 1 aromatic rings. The van der Waals surface area contributed by atoms with Crippen molar-refractivity contribution >= 4 is 17.3 Å². The van der Waals surface area contributed by atoms with Crippen LogP contribution in [0.2, 0.25) is 0 Å². The maximum Gasteiger partial charge on any atom is 0.251 e. The second kappa shape index (κ2) is 5.86. The van der Waals surface area contributed by atoms with Crippen LogP contribution in [-0.4, -0.2) is 24.2 Å². The van der Waals surface area contributed by atoms with Gasteiger partial charge in [-0.3, -0.25) is 9.80 Å². The normalized spacial score (nSPS) is 35.8. The van der Waals surface area contributed by atoms with Gasteiger partial charge in [-0.1, -0.05) is 6.42 Å². The summed E-state index contributed by atoms with van der Waals surface area (Å²) in [6.45, 7) is 3.00. The molecule has 5 atom stereocenters. The number of carbonyl (C=O) groups excluding carboxylic acids is 1. The minimum atomic E-state index is 0.0970. The van der Waals surface area contributed by atoms with Crippen LogP contribution in [0.3, 0.4) is 0 Å². The number of nitrogens with zero attached hydrogens (tertiary/aromatic N) is 2. The fourth-order valence-corrected chi connectivity index (χ4v) is 6.03. The fraction of sp³-hybridized carbons (Fsp3) is 0.619. The molecular formula is C21H27N3O. The van der Waals surface area contributed by atoms with Gasteiger partial charge in [0.05, 0.1) is 5.69 Å². The number of hydrogen-bond acceptors (Lipinski definition) is 3. The summed E-state index contributed by atoms with van der Waals surface area (Å²) in [5, 5.41) is 9.90. The van der Waals surface area contributed by atoms with Crippen LogP contribution in [0.25, 0.3) is 0 Å². The Morgan fingerprint density at radius 3 is 2.68 bits per heavy atom. The van der Waals surface area contributed by atoms with E-state index < -0.39 is 0 Å². The third-order valence-corrected chi connectivity index (χ3v) is 7.15. The van der Waals surface area contributed by atoms with E-state index in [1.807, 2.05) is 29.3 Å². The van der Waals surface area contributed by atoms with Crippen molar-refractivity contribution in [3.8, 4) is 0 Å². The van der Waals surface area contributed by atoms with Crippen LogP contribution in [0.15, 0.2) is 29.4 Å². The Hall–Kier alpha value is -1.84. The molecule has 3 fully saturated rings. The van der Waals surface area contributed by atoms with E-state index in [-0.39, 0.29) is 5.91 Å². The standard InChI is InChI=1S/C21H27N3O/c1-13-9-10-24(23-13)16-7-5-14(6-8-16)21(25)22-20-12-15-11-19(20)18-4-2-3-17(15)18/h5-8,15,17-20H,2-4,9-12H2,1H3,(H,22,25)/t15-,17-,18-,19+,20-/m1/s1. The predicted octanol–water partition coefficient (Wildman–Crippen LogP) is 3.83. The molecule has 1 amide bonds. The molecule has 3 saturated carbocycles. The van der Waals surface area contributed by atoms with Crippen molar-refractivity contribution in [2.75, 3.05) is 11.6 Å². The molecule has 132 valence electrons. The SMILES string of the molecule is CC1=NN(c2ccc(C(=O)N[C@@H]3C[C@H]4C[C@H]3[C@@H]3CCC[C@H]43)cc2)CC1. The topological polar surface area (TPSA) is 44.7 Å². The lowest BCUT2D eigenvalue weighted by molar-refractivity contribution is 0.0901. The summed E-state index contributed by atoms with van der Waals surface area (Å²) in [6.07, 6.45) is 7.82. The van der Waals surface area contributed by atoms with Gasteiger partial charge in [-0.2, -0.15) is 5.10 Å². The van der Waals surface area contributed by atoms with Crippen LogP contribution in [0.1, 0.15) is 55.8 Å². The quantitative estimate of drug-likeness (QED) is 0.911. The fourth-order valence-electron chi connectivity index (χ4n) is 6.03. The first-order chi connectivity index (χ1) is 12.2. The lowest BCUT2D eigenvalue weighted by Crippen LogP contribution is -2.42. The highest BCUT2D eigenvalue weighted by Crippen LogP contribution is 2.58. The molecule has 0 spiro atoms. The Morgan fingerprint density at radius 1 is 1.12 bits per heavy atom. The van der Waals surface area contributed by atoms with Crippen molar-refractivity contribution in [3.05, 3.63) is 29.8 Å². The maximum absolute atomic E-state index is 12.7. The van der Waals surface area contributed by atoms with E-state index in [4.69, 9.17) is 0 Å². The molecule has 1 N–H and O–H groups in total. The molecule has 1 aliphatic heterocycles. The molecule has 3 aliphatic carbocycles. The van der Waals surface area contributed by atoms with Crippen LogP contribution in [0, 0.1) is 23.7 Å². The highest BCUT2D eigenvalue weighted by Gasteiger charge is 2.54. The number of benzene rings is 1. The first-order valence-electron chi connectivity index (χ1n) is 9.91. The van der Waals surface area contributed by atoms with E-state index in [2.05, 4.69) is 17.3 Å². The van der Waals surface area contributed by atoms with E-state index in [1.165, 1.54) is 37.8 Å². The van der Waals surface area contributed by atoms with Gasteiger partial charge in [-0.25, -0.2) is 0 Å². The maximum atomic E-state index is 12.7. The number of anilines is 1. The smallest absolute Gasteiger partial charge is 0.251 e. The molecular weight excluding hydrogens is 310 g/mol. The van der Waals surface area contributed by atoms with Crippen LogP contribution in [-0.2, 0) is 0 Å². The molecule has 0 unspecified atom stereocenters. The molecule has 0 radical (unpaired) electrons. The molecule has 0 aromatic heterocycles. The second-order valence-electron chi connectivity index (χ2n) is 8.49. The molecule has 2 bridgehead atoms. The van der Waals surface area contributed by atoms with Crippen molar-refractivity contribution in [1.29, 1.82) is 0 Å². The van der Waals surface area contributed by atoms with E-state index in [0.717, 1.165) is 47.9 Å². The molecule has 4 aliphatic rings. The summed E-state index contributed by atoms with van der Waals surface area (Å²) in [5.74, 6) is 3.58. The number of fused-ring (bicyclic) bond motifs is 5. The first-order valence-corrected chi connectivity index (χ1v) is 9.91. The minimum absolute atomic E-state index is 0.0970. The Bertz CT molecular complexity index is 710. The van der Waals surface area contributed by atoms with Crippen LogP contribution >= 0.6 is 0 Å². The summed E-state index contributed by atoms with van der Waals surface area (Å²) < 4.78 is 0. The highest BCUT2D eigenvalue weighted by molar-refractivity contribution is 5.95. The molecule has 1 heterocycles. The summed E-state index contributed by atoms with van der Waals surface area (Å²) in [7, 11) is 0. The number of nitrogens with one attached hydrogen (secondary N) is 1. The van der Waals surface area contributed by atoms with Crippen molar-refractivity contribution in [2.45, 2.75) is 51.5 Å². The molecule has 0 saturated heterocycles. The van der Waals surface area contributed by atoms with Gasteiger partial charge in [0.2, 0.25) is 0 Å². The average molecular weight is 337 g/mol. The number of hydrogen-bond donors (Lipinski definition) is 1. The van der Waals surface area contributed by atoms with Gasteiger partial charge in [0, 0.05) is 30.3 Å². The van der Waals surface area contributed by atoms with Crippen LogP contribution < -0.4 is 10.3 Å². The van der Waals surface area contributed by atoms with Gasteiger partial charge in [0.15, 0.2) is 0 Å². The zero-order chi connectivity index (χ0) is 17.0. The Balaban J connectivity index is 1.25. The van der Waals surface area contributed by atoms with Gasteiger partial charge in [0.1, 0.15) is 0 Å². The minimum Gasteiger partial charge on any atom is -0.349 e. The van der Waals surface area contributed by atoms with Crippen molar-refractivity contribution in [1.82, 2.24) is 5.32 Å². The molecule has 1 aromatic carbocycles. The van der Waals surface area contributed by atoms with Gasteiger partial charge in [0.25, 0.3) is 5.91 Å². The Kier molecular flexibility index (Phi) is 3.61. The monoisotopic (exact) mass is 337 g/mol. The zero-order valence-electron chi connectivity index (χ0n) is 14.9. The van der Waals surface area contributed by atoms with Crippen molar-refractivity contribution in [2.24, 2.45) is 28.8 Å². The van der Waals surface area contributed by atoms with Gasteiger partial charge >= 0.3 is 0 Å². The molecule has 4 heteroatoms. The van der Waals surface area contributed by atoms with Gasteiger partial charge in [-0.05, 0) is 80.5 Å². The molecule has 5 rings (SSSR count). The highest BCUT2D eigenvalue weighted by atomic mass is 16.1. The van der Waals surface area contributed by atoms with E-state index in [0.29, 0.717) is 6.04 Å². The molecule has 25 heavy (non-hydrogen) atoms. The van der Waals surface area contributed by atoms with Crippen LogP contribution in [0.5, 0.6) is 0 Å². The molecule has 4 nitrogen and oxygen atoms in total. The lowest BCUT2D eigenvalue weighted by atomic mass is 9.79. The number of rotatable bonds is 3. The predicted molar refractivity (Wildman–Crippen MR) is 99.8 cm³/mol. The van der Waals surface area contributed by atoms with Gasteiger partial charge in [-0.15, -0.1) is 0 Å². The first kappa shape index (κ1) is 15.4. The Labute approximate surface area is 149 Å². The van der Waals surface area contributed by atoms with Crippen molar-refractivity contribution in [3.63, 3.8) is 0 Å². The second-order valence-corrected chi connectivity index (χ2v) is 8.49. The number of hydrazone groups is 1. The largest absolute Gasteiger partial charge is 0.349 e. The average Bonchev–Trinajstić information content (AvgIpc) is 3.36. The summed E-state index contributed by atoms with van der Waals surface area (Å²) in [5.41, 5.74) is 3.01. The third kappa shape index (κ3) is 2.57. The Morgan fingerprint density at radius 2 is 1.92 bits per heavy atom. The van der Waals surface area contributed by atoms with Crippen molar-refractivity contribution < 1.29 is 4.79 Å². The van der Waals surface area contributed by atoms with E-state index >= 15 is 0 Å². The number of amides is 1. The van der Waals surface area contributed by atoms with E-state index in [1.54, 1.807) is 0 Å². The number of carbonyl (C=O) groups is 1. The summed E-state index contributed by atoms with van der Waals surface area (Å²) in [6, 6.07) is 8.33. The summed E-state index contributed by atoms with van der Waals surface area (Å²) in [4.78, 5) is 12.7. The van der Waals surface area contributed by atoms with Gasteiger partial charge < -0.3 is 5.32 Å². The van der Waals surface area contributed by atoms with E-state index in [9.17, 15) is 4.79 Å². The zero-order valence-corrected chi connectivity index (χ0v) is 14.9. The van der Waals surface area contributed by atoms with Crippen LogP contribution in [0.4, 0.5) is 5.69 Å². The lowest BCUT2D eigenvalue weighted by Gasteiger charge is -2.32. The third-order valence-electron chi connectivity index (χ3n) is 7.15.